The van der Waals surface area contributed by atoms with Crippen molar-refractivity contribution in [1.82, 2.24) is 14.8 Å². The second-order valence-electron chi connectivity index (χ2n) is 8.72. The van der Waals surface area contributed by atoms with Gasteiger partial charge in [0, 0.05) is 57.2 Å². The van der Waals surface area contributed by atoms with Gasteiger partial charge in [-0.15, -0.1) is 0 Å². The van der Waals surface area contributed by atoms with E-state index in [9.17, 15) is 14.7 Å². The van der Waals surface area contributed by atoms with E-state index in [2.05, 4.69) is 16.0 Å². The van der Waals surface area contributed by atoms with Gasteiger partial charge in [-0.25, -0.2) is 9.78 Å². The molecule has 0 unspecified atom stereocenters. The number of benzene rings is 2. The third-order valence-electron chi connectivity index (χ3n) is 6.16. The lowest BCUT2D eigenvalue weighted by atomic mass is 10.1. The van der Waals surface area contributed by atoms with Crippen LogP contribution in [0.4, 0.5) is 10.5 Å². The minimum atomic E-state index is -0.873. The highest BCUT2D eigenvalue weighted by atomic mass is 16.5. The number of nitriles is 1. The molecule has 184 valence electrons. The van der Waals surface area contributed by atoms with Crippen molar-refractivity contribution in [2.75, 3.05) is 31.6 Å². The molecule has 0 spiro atoms. The van der Waals surface area contributed by atoms with E-state index in [-0.39, 0.29) is 11.9 Å². The molecule has 2 amide bonds. The molecule has 1 saturated heterocycles. The minimum absolute atomic E-state index is 0.0487. The summed E-state index contributed by atoms with van der Waals surface area (Å²) < 4.78 is 5.68. The molecule has 1 aliphatic heterocycles. The number of rotatable bonds is 6. The normalized spacial score (nSPS) is 15.7. The fraction of sp³-hybridized carbons (Fsp3) is 0.259. The quantitative estimate of drug-likeness (QED) is 0.557. The van der Waals surface area contributed by atoms with E-state index in [1.807, 2.05) is 31.2 Å². The van der Waals surface area contributed by atoms with Crippen molar-refractivity contribution in [1.29, 1.82) is 5.26 Å². The second kappa shape index (κ2) is 10.9. The summed E-state index contributed by atoms with van der Waals surface area (Å²) in [6.45, 7) is 4.51. The molecule has 2 aromatic carbocycles. The Morgan fingerprint density at radius 3 is 2.58 bits per heavy atom. The molecule has 2 heterocycles. The number of amides is 2. The minimum Gasteiger partial charge on any atom is -0.465 e. The summed E-state index contributed by atoms with van der Waals surface area (Å²) in [7, 11) is 1.71. The number of piperazine rings is 1. The highest BCUT2D eigenvalue weighted by Gasteiger charge is 2.27. The van der Waals surface area contributed by atoms with Gasteiger partial charge in [-0.2, -0.15) is 5.26 Å². The number of hydrogen-bond donors (Lipinski definition) is 1. The molecule has 36 heavy (non-hydrogen) atoms. The van der Waals surface area contributed by atoms with Crippen LogP contribution in [0, 0.1) is 11.3 Å². The number of ether oxygens (including phenoxy) is 1. The van der Waals surface area contributed by atoms with Crippen LogP contribution in [0.25, 0.3) is 0 Å². The molecule has 0 aliphatic carbocycles. The van der Waals surface area contributed by atoms with E-state index in [4.69, 9.17) is 10.00 Å². The Morgan fingerprint density at radius 1 is 1.17 bits per heavy atom. The molecule has 0 saturated carbocycles. The van der Waals surface area contributed by atoms with Crippen LogP contribution in [-0.2, 0) is 6.54 Å². The Kier molecular flexibility index (Phi) is 7.47. The number of carboxylic acid groups (broad SMARTS) is 1. The zero-order valence-corrected chi connectivity index (χ0v) is 20.2. The summed E-state index contributed by atoms with van der Waals surface area (Å²) in [5.74, 6) is 0.620. The first-order valence-electron chi connectivity index (χ1n) is 11.6. The number of pyridine rings is 1. The van der Waals surface area contributed by atoms with Gasteiger partial charge in [0.25, 0.3) is 5.91 Å². The van der Waals surface area contributed by atoms with Crippen LogP contribution in [0.5, 0.6) is 11.6 Å². The van der Waals surface area contributed by atoms with E-state index in [1.165, 1.54) is 11.1 Å². The molecule has 1 N–H and O–H groups in total. The van der Waals surface area contributed by atoms with Gasteiger partial charge in [-0.05, 0) is 48.9 Å². The average molecular weight is 486 g/mol. The summed E-state index contributed by atoms with van der Waals surface area (Å²) >= 11 is 0. The zero-order chi connectivity index (χ0) is 25.7. The molecule has 1 aliphatic rings. The van der Waals surface area contributed by atoms with E-state index < -0.39 is 6.09 Å². The van der Waals surface area contributed by atoms with E-state index >= 15 is 0 Å². The van der Waals surface area contributed by atoms with Crippen molar-refractivity contribution in [2.24, 2.45) is 0 Å². The standard InChI is InChI=1S/C27H27N5O4/c1-19-17-31(12-13-32(19)27(34)35)18-20-6-9-23(10-7-20)30(2)26(33)22-8-11-25(29-16-22)36-24-5-3-4-21(14-24)15-28/h3-11,14,16,19H,12-13,17-18H2,1-2H3,(H,34,35)/t19-/m0/s1. The lowest BCUT2D eigenvalue weighted by Gasteiger charge is -2.38. The molecule has 9 heteroatoms. The molecule has 4 rings (SSSR count). The van der Waals surface area contributed by atoms with Gasteiger partial charge in [0.2, 0.25) is 5.88 Å². The maximum Gasteiger partial charge on any atom is 0.407 e. The third-order valence-corrected chi connectivity index (χ3v) is 6.16. The third kappa shape index (κ3) is 5.79. The molecule has 0 radical (unpaired) electrons. The van der Waals surface area contributed by atoms with Crippen molar-refractivity contribution in [3.8, 4) is 17.7 Å². The van der Waals surface area contributed by atoms with Crippen LogP contribution in [0.3, 0.4) is 0 Å². The maximum absolute atomic E-state index is 13.0. The lowest BCUT2D eigenvalue weighted by molar-refractivity contribution is 0.0711. The lowest BCUT2D eigenvalue weighted by Crippen LogP contribution is -2.53. The van der Waals surface area contributed by atoms with Crippen LogP contribution in [0.1, 0.15) is 28.4 Å². The smallest absolute Gasteiger partial charge is 0.407 e. The monoisotopic (exact) mass is 485 g/mol. The molecule has 1 atom stereocenters. The molecular formula is C27H27N5O4. The molecule has 3 aromatic rings. The number of carbonyl (C=O) groups excluding carboxylic acids is 1. The van der Waals surface area contributed by atoms with Crippen molar-refractivity contribution in [3.05, 3.63) is 83.6 Å². The van der Waals surface area contributed by atoms with Gasteiger partial charge in [0.1, 0.15) is 5.75 Å². The van der Waals surface area contributed by atoms with Crippen molar-refractivity contribution in [3.63, 3.8) is 0 Å². The van der Waals surface area contributed by atoms with Crippen LogP contribution in [0.15, 0.2) is 66.9 Å². The Hall–Kier alpha value is -4.42. The van der Waals surface area contributed by atoms with Gasteiger partial charge in [-0.1, -0.05) is 18.2 Å². The summed E-state index contributed by atoms with van der Waals surface area (Å²) in [6, 6.07) is 19.8. The second-order valence-corrected chi connectivity index (χ2v) is 8.72. The first-order chi connectivity index (χ1) is 17.3. The van der Waals surface area contributed by atoms with Gasteiger partial charge in [0.05, 0.1) is 17.2 Å². The first kappa shape index (κ1) is 24.7. The SMILES string of the molecule is C[C@H]1CN(Cc2ccc(N(C)C(=O)c3ccc(Oc4cccc(C#N)c4)nc3)cc2)CCN1C(=O)O. The molecular weight excluding hydrogens is 458 g/mol. The van der Waals surface area contributed by atoms with Crippen molar-refractivity contribution >= 4 is 17.7 Å². The summed E-state index contributed by atoms with van der Waals surface area (Å²) in [5.41, 5.74) is 2.76. The topological polar surface area (TPSA) is 110 Å². The maximum atomic E-state index is 13.0. The Morgan fingerprint density at radius 2 is 1.94 bits per heavy atom. The molecule has 1 aromatic heterocycles. The van der Waals surface area contributed by atoms with Crippen LogP contribution >= 0.6 is 0 Å². The fourth-order valence-electron chi connectivity index (χ4n) is 4.17. The van der Waals surface area contributed by atoms with Crippen molar-refractivity contribution < 1.29 is 19.4 Å². The largest absolute Gasteiger partial charge is 0.465 e. The van der Waals surface area contributed by atoms with Crippen LogP contribution in [0.2, 0.25) is 0 Å². The summed E-state index contributed by atoms with van der Waals surface area (Å²) in [6.07, 6.45) is 0.594. The van der Waals surface area contributed by atoms with E-state index in [0.717, 1.165) is 17.8 Å². The van der Waals surface area contributed by atoms with E-state index in [0.29, 0.717) is 42.4 Å². The fourth-order valence-corrected chi connectivity index (χ4v) is 4.17. The predicted molar refractivity (Wildman–Crippen MR) is 134 cm³/mol. The summed E-state index contributed by atoms with van der Waals surface area (Å²) in [4.78, 5) is 33.7. The highest BCUT2D eigenvalue weighted by molar-refractivity contribution is 6.05. The van der Waals surface area contributed by atoms with Gasteiger partial charge >= 0.3 is 6.09 Å². The zero-order valence-electron chi connectivity index (χ0n) is 20.2. The summed E-state index contributed by atoms with van der Waals surface area (Å²) in [5, 5.41) is 18.3. The Balaban J connectivity index is 1.35. The van der Waals surface area contributed by atoms with Crippen LogP contribution < -0.4 is 9.64 Å². The van der Waals surface area contributed by atoms with Gasteiger partial charge in [-0.3, -0.25) is 9.69 Å². The first-order valence-corrected chi connectivity index (χ1v) is 11.6. The highest BCUT2D eigenvalue weighted by Crippen LogP contribution is 2.22. The number of aromatic nitrogens is 1. The number of carbonyl (C=O) groups is 2. The number of anilines is 1. The number of nitrogens with zero attached hydrogens (tertiary/aromatic N) is 5. The van der Waals surface area contributed by atoms with Gasteiger partial charge in [0.15, 0.2) is 0 Å². The number of hydrogen-bond acceptors (Lipinski definition) is 6. The van der Waals surface area contributed by atoms with E-state index in [1.54, 1.807) is 48.3 Å². The van der Waals surface area contributed by atoms with Crippen molar-refractivity contribution in [2.45, 2.75) is 19.5 Å². The molecule has 0 bridgehead atoms. The molecule has 1 fully saturated rings. The van der Waals surface area contributed by atoms with Crippen LogP contribution in [-0.4, -0.2) is 64.6 Å². The Labute approximate surface area is 209 Å². The van der Waals surface area contributed by atoms with Gasteiger partial charge < -0.3 is 19.6 Å². The predicted octanol–water partition coefficient (Wildman–Crippen LogP) is 4.21. The average Bonchev–Trinajstić information content (AvgIpc) is 2.89. The Bertz CT molecular complexity index is 1270. The molecule has 9 nitrogen and oxygen atoms in total.